The van der Waals surface area contributed by atoms with Gasteiger partial charge < -0.3 is 10.2 Å². The van der Waals surface area contributed by atoms with E-state index < -0.39 is 0 Å². The van der Waals surface area contributed by atoms with E-state index in [2.05, 4.69) is 102 Å². The number of piperazine rings is 1. The molecule has 0 aromatic heterocycles. The molecule has 0 spiro atoms. The first-order chi connectivity index (χ1) is 15.2. The fourth-order valence-electron chi connectivity index (χ4n) is 4.37. The fraction of sp³-hybridized carbons (Fsp3) is 0.296. The quantitative estimate of drug-likeness (QED) is 0.638. The van der Waals surface area contributed by atoms with Crippen LogP contribution in [0.3, 0.4) is 0 Å². The van der Waals surface area contributed by atoms with Crippen LogP contribution < -0.4 is 5.32 Å². The van der Waals surface area contributed by atoms with Gasteiger partial charge in [0, 0.05) is 32.7 Å². The van der Waals surface area contributed by atoms with E-state index in [0.717, 1.165) is 32.6 Å². The van der Waals surface area contributed by atoms with Crippen molar-refractivity contribution < 1.29 is 4.79 Å². The maximum Gasteiger partial charge on any atom is 0.317 e. The standard InChI is InChI=1S/C27H31N3O/c1-22-10-8-9-11-23(22)16-17-28-27(31)30-20-18-29(19-21-30)26(24-12-4-2-5-13-24)25-14-6-3-7-15-25/h2-15,26H,16-21H2,1H3,(H,28,31). The summed E-state index contributed by atoms with van der Waals surface area (Å²) in [7, 11) is 0. The Bertz CT molecular complexity index is 927. The Morgan fingerprint density at radius 1 is 0.806 bits per heavy atom. The van der Waals surface area contributed by atoms with Crippen LogP contribution in [0.15, 0.2) is 84.9 Å². The van der Waals surface area contributed by atoms with Crippen molar-refractivity contribution in [2.45, 2.75) is 19.4 Å². The number of hydrogen-bond acceptors (Lipinski definition) is 2. The molecular formula is C27H31N3O. The van der Waals surface area contributed by atoms with E-state index in [1.165, 1.54) is 22.3 Å². The molecular weight excluding hydrogens is 382 g/mol. The largest absolute Gasteiger partial charge is 0.338 e. The molecule has 2 amide bonds. The zero-order valence-electron chi connectivity index (χ0n) is 18.2. The number of hydrogen-bond donors (Lipinski definition) is 1. The summed E-state index contributed by atoms with van der Waals surface area (Å²) in [6.07, 6.45) is 0.864. The van der Waals surface area contributed by atoms with Crippen LogP contribution in [0, 0.1) is 6.92 Å². The van der Waals surface area contributed by atoms with E-state index in [1.807, 2.05) is 4.90 Å². The molecule has 4 rings (SSSR count). The molecule has 0 atom stereocenters. The summed E-state index contributed by atoms with van der Waals surface area (Å²) in [6.45, 7) is 5.99. The van der Waals surface area contributed by atoms with Crippen molar-refractivity contribution in [2.75, 3.05) is 32.7 Å². The van der Waals surface area contributed by atoms with Gasteiger partial charge in [-0.1, -0.05) is 84.9 Å². The number of urea groups is 1. The number of aryl methyl sites for hydroxylation is 1. The van der Waals surface area contributed by atoms with Crippen molar-refractivity contribution in [1.82, 2.24) is 15.1 Å². The third-order valence-electron chi connectivity index (χ3n) is 6.13. The van der Waals surface area contributed by atoms with Gasteiger partial charge in [-0.25, -0.2) is 4.79 Å². The van der Waals surface area contributed by atoms with Gasteiger partial charge in [-0.15, -0.1) is 0 Å². The van der Waals surface area contributed by atoms with Gasteiger partial charge in [0.05, 0.1) is 6.04 Å². The zero-order chi connectivity index (χ0) is 21.5. The number of amides is 2. The number of nitrogens with zero attached hydrogens (tertiary/aromatic N) is 2. The second-order valence-electron chi connectivity index (χ2n) is 8.16. The highest BCUT2D eigenvalue weighted by Gasteiger charge is 2.27. The smallest absolute Gasteiger partial charge is 0.317 e. The molecule has 3 aromatic rings. The van der Waals surface area contributed by atoms with Gasteiger partial charge in [0.25, 0.3) is 0 Å². The number of benzene rings is 3. The summed E-state index contributed by atoms with van der Waals surface area (Å²) in [5, 5.41) is 3.10. The monoisotopic (exact) mass is 413 g/mol. The van der Waals surface area contributed by atoms with E-state index >= 15 is 0 Å². The van der Waals surface area contributed by atoms with E-state index in [9.17, 15) is 4.79 Å². The molecule has 4 heteroatoms. The minimum Gasteiger partial charge on any atom is -0.338 e. The molecule has 1 heterocycles. The first-order valence-corrected chi connectivity index (χ1v) is 11.1. The molecule has 1 aliphatic heterocycles. The SMILES string of the molecule is Cc1ccccc1CCNC(=O)N1CCN(C(c2ccccc2)c2ccccc2)CC1. The molecule has 0 saturated carbocycles. The number of nitrogens with one attached hydrogen (secondary N) is 1. The fourth-order valence-corrected chi connectivity index (χ4v) is 4.37. The van der Waals surface area contributed by atoms with Gasteiger partial charge >= 0.3 is 6.03 Å². The maximum absolute atomic E-state index is 12.7. The van der Waals surface area contributed by atoms with Crippen LogP contribution in [0.5, 0.6) is 0 Å². The average molecular weight is 414 g/mol. The van der Waals surface area contributed by atoms with Gasteiger partial charge in [-0.3, -0.25) is 4.90 Å². The van der Waals surface area contributed by atoms with E-state index in [-0.39, 0.29) is 12.1 Å². The predicted octanol–water partition coefficient (Wildman–Crippen LogP) is 4.65. The van der Waals surface area contributed by atoms with E-state index in [4.69, 9.17) is 0 Å². The number of rotatable bonds is 6. The predicted molar refractivity (Wildman–Crippen MR) is 126 cm³/mol. The topological polar surface area (TPSA) is 35.6 Å². The molecule has 3 aromatic carbocycles. The van der Waals surface area contributed by atoms with Crippen LogP contribution in [-0.4, -0.2) is 48.6 Å². The first-order valence-electron chi connectivity index (χ1n) is 11.1. The van der Waals surface area contributed by atoms with Gasteiger partial charge in [-0.2, -0.15) is 0 Å². The zero-order valence-corrected chi connectivity index (χ0v) is 18.2. The van der Waals surface area contributed by atoms with Crippen molar-refractivity contribution >= 4 is 6.03 Å². The third kappa shape index (κ3) is 5.33. The van der Waals surface area contributed by atoms with Crippen LogP contribution in [0.25, 0.3) is 0 Å². The second kappa shape index (κ2) is 10.3. The van der Waals surface area contributed by atoms with Gasteiger partial charge in [-0.05, 0) is 35.6 Å². The summed E-state index contributed by atoms with van der Waals surface area (Å²) in [5.41, 5.74) is 5.16. The highest BCUT2D eigenvalue weighted by molar-refractivity contribution is 5.74. The Balaban J connectivity index is 1.34. The van der Waals surface area contributed by atoms with E-state index in [1.54, 1.807) is 0 Å². The molecule has 0 radical (unpaired) electrons. The summed E-state index contributed by atoms with van der Waals surface area (Å²) in [6, 6.07) is 29.9. The molecule has 1 N–H and O–H groups in total. The lowest BCUT2D eigenvalue weighted by Gasteiger charge is -2.39. The number of carbonyl (C=O) groups excluding carboxylic acids is 1. The van der Waals surface area contributed by atoms with Crippen molar-refractivity contribution in [2.24, 2.45) is 0 Å². The highest BCUT2D eigenvalue weighted by Crippen LogP contribution is 2.29. The minimum absolute atomic E-state index is 0.0456. The molecule has 0 bridgehead atoms. The summed E-state index contributed by atoms with van der Waals surface area (Å²) in [4.78, 5) is 17.1. The molecule has 0 unspecified atom stereocenters. The van der Waals surface area contributed by atoms with Gasteiger partial charge in [0.15, 0.2) is 0 Å². The lowest BCUT2D eigenvalue weighted by atomic mass is 9.96. The molecule has 31 heavy (non-hydrogen) atoms. The third-order valence-corrected chi connectivity index (χ3v) is 6.13. The molecule has 4 nitrogen and oxygen atoms in total. The lowest BCUT2D eigenvalue weighted by molar-refractivity contribution is 0.120. The Hall–Kier alpha value is -3.11. The molecule has 0 aliphatic carbocycles. The van der Waals surface area contributed by atoms with Crippen LogP contribution in [0.1, 0.15) is 28.3 Å². The minimum atomic E-state index is 0.0456. The maximum atomic E-state index is 12.7. The lowest BCUT2D eigenvalue weighted by Crippen LogP contribution is -2.52. The van der Waals surface area contributed by atoms with E-state index in [0.29, 0.717) is 6.54 Å². The van der Waals surface area contributed by atoms with Crippen molar-refractivity contribution in [3.05, 3.63) is 107 Å². The highest BCUT2D eigenvalue weighted by atomic mass is 16.2. The summed E-state index contributed by atoms with van der Waals surface area (Å²) < 4.78 is 0. The molecule has 160 valence electrons. The Morgan fingerprint density at radius 3 is 1.94 bits per heavy atom. The summed E-state index contributed by atoms with van der Waals surface area (Å²) in [5.74, 6) is 0. The van der Waals surface area contributed by atoms with Crippen molar-refractivity contribution in [1.29, 1.82) is 0 Å². The first kappa shape index (κ1) is 21.1. The Kier molecular flexibility index (Phi) is 7.00. The normalized spacial score (nSPS) is 14.6. The van der Waals surface area contributed by atoms with Crippen molar-refractivity contribution in [3.8, 4) is 0 Å². The second-order valence-corrected chi connectivity index (χ2v) is 8.16. The summed E-state index contributed by atoms with van der Waals surface area (Å²) >= 11 is 0. The molecule has 1 aliphatic rings. The van der Waals surface area contributed by atoms with Crippen LogP contribution in [0.2, 0.25) is 0 Å². The van der Waals surface area contributed by atoms with Crippen LogP contribution >= 0.6 is 0 Å². The van der Waals surface area contributed by atoms with Crippen LogP contribution in [0.4, 0.5) is 4.79 Å². The number of carbonyl (C=O) groups is 1. The van der Waals surface area contributed by atoms with Crippen molar-refractivity contribution in [3.63, 3.8) is 0 Å². The Labute approximate surface area is 185 Å². The molecule has 1 saturated heterocycles. The van der Waals surface area contributed by atoms with Crippen LogP contribution in [-0.2, 0) is 6.42 Å². The van der Waals surface area contributed by atoms with Gasteiger partial charge in [0.1, 0.15) is 0 Å². The Morgan fingerprint density at radius 2 is 1.35 bits per heavy atom. The van der Waals surface area contributed by atoms with Gasteiger partial charge in [0.2, 0.25) is 0 Å². The molecule has 1 fully saturated rings. The average Bonchev–Trinajstić information content (AvgIpc) is 2.82.